The Balaban J connectivity index is 1.52. The van der Waals surface area contributed by atoms with Crippen LogP contribution in [0, 0.1) is 5.82 Å². The highest BCUT2D eigenvalue weighted by atomic mass is 19.1. The first-order valence-corrected chi connectivity index (χ1v) is 11.4. The molecule has 0 radical (unpaired) electrons. The van der Waals surface area contributed by atoms with E-state index in [0.29, 0.717) is 35.9 Å². The molecule has 174 valence electrons. The summed E-state index contributed by atoms with van der Waals surface area (Å²) in [6, 6.07) is 31.2. The molecule has 0 saturated heterocycles. The molecular weight excluding hydrogens is 441 g/mol. The second-order valence-corrected chi connectivity index (χ2v) is 8.23. The Hall–Kier alpha value is -4.45. The van der Waals surface area contributed by atoms with E-state index in [1.807, 2.05) is 53.4 Å². The summed E-state index contributed by atoms with van der Waals surface area (Å²) in [5, 5.41) is 4.63. The summed E-state index contributed by atoms with van der Waals surface area (Å²) in [4.78, 5) is 15.8. The fraction of sp³-hybridized carbons (Fsp3) is 0.103. The van der Waals surface area contributed by atoms with Crippen LogP contribution in [0.1, 0.15) is 21.6 Å². The van der Waals surface area contributed by atoms with Gasteiger partial charge in [-0.25, -0.2) is 9.07 Å². The zero-order valence-electron chi connectivity index (χ0n) is 19.0. The van der Waals surface area contributed by atoms with Crippen molar-refractivity contribution >= 4 is 5.91 Å². The van der Waals surface area contributed by atoms with Crippen LogP contribution >= 0.6 is 0 Å². The first-order valence-electron chi connectivity index (χ1n) is 11.4. The number of hydrogen-bond donors (Lipinski definition) is 0. The maximum atomic E-state index is 14.0. The molecule has 0 unspecified atom stereocenters. The Labute approximate surface area is 203 Å². The summed E-state index contributed by atoms with van der Waals surface area (Å²) in [6.45, 7) is 0.986. The number of amides is 1. The summed E-state index contributed by atoms with van der Waals surface area (Å²) in [7, 11) is 0. The van der Waals surface area contributed by atoms with E-state index in [0.717, 1.165) is 17.5 Å². The zero-order valence-corrected chi connectivity index (χ0v) is 19.0. The molecule has 0 aliphatic carbocycles. The topological polar surface area (TPSA) is 51.3 Å². The molecule has 5 rings (SSSR count). The molecule has 5 nitrogen and oxygen atoms in total. The van der Waals surface area contributed by atoms with E-state index in [1.165, 1.54) is 12.1 Å². The molecule has 0 N–H and O–H groups in total. The molecule has 0 aliphatic heterocycles. The summed E-state index contributed by atoms with van der Waals surface area (Å²) in [5.74, 6) is 0.0341. The Morgan fingerprint density at radius 3 is 2.20 bits per heavy atom. The largest absolute Gasteiger partial charge is 0.463 e. The highest BCUT2D eigenvalue weighted by Gasteiger charge is 2.24. The molecular formula is C29H24FN3O2. The average molecular weight is 466 g/mol. The normalized spacial score (nSPS) is 10.9. The lowest BCUT2D eigenvalue weighted by Gasteiger charge is -2.23. The predicted molar refractivity (Wildman–Crippen MR) is 133 cm³/mol. The smallest absolute Gasteiger partial charge is 0.272 e. The van der Waals surface area contributed by atoms with Crippen LogP contribution in [-0.4, -0.2) is 27.1 Å². The number of furan rings is 1. The maximum absolute atomic E-state index is 14.0. The molecule has 0 atom stereocenters. The fourth-order valence-electron chi connectivity index (χ4n) is 3.98. The van der Waals surface area contributed by atoms with Gasteiger partial charge in [0.1, 0.15) is 17.2 Å². The molecule has 0 bridgehead atoms. The number of halogens is 1. The van der Waals surface area contributed by atoms with Gasteiger partial charge in [0.2, 0.25) is 0 Å². The second-order valence-electron chi connectivity index (χ2n) is 8.23. The quantitative estimate of drug-likeness (QED) is 0.276. The molecule has 35 heavy (non-hydrogen) atoms. The molecule has 0 fully saturated rings. The van der Waals surface area contributed by atoms with Gasteiger partial charge in [-0.1, -0.05) is 60.7 Å². The first kappa shape index (κ1) is 22.3. The highest BCUT2D eigenvalue weighted by Crippen LogP contribution is 2.24. The van der Waals surface area contributed by atoms with Gasteiger partial charge < -0.3 is 9.32 Å². The SMILES string of the molecule is O=C(c1cc(-c2ccco2)nn1-c1ccc(F)cc1)N(CCc1ccccc1)Cc1ccccc1. The van der Waals surface area contributed by atoms with Crippen LogP contribution < -0.4 is 0 Å². The fourth-order valence-corrected chi connectivity index (χ4v) is 3.98. The van der Waals surface area contributed by atoms with E-state index in [4.69, 9.17) is 4.42 Å². The minimum absolute atomic E-state index is 0.167. The van der Waals surface area contributed by atoms with Crippen molar-refractivity contribution in [2.24, 2.45) is 0 Å². The van der Waals surface area contributed by atoms with Gasteiger partial charge in [-0.3, -0.25) is 4.79 Å². The number of nitrogens with zero attached hydrogens (tertiary/aromatic N) is 3. The van der Waals surface area contributed by atoms with Crippen molar-refractivity contribution in [1.29, 1.82) is 0 Å². The Kier molecular flexibility index (Phi) is 6.52. The molecule has 5 aromatic rings. The van der Waals surface area contributed by atoms with Crippen molar-refractivity contribution in [3.05, 3.63) is 132 Å². The van der Waals surface area contributed by atoms with Gasteiger partial charge in [-0.2, -0.15) is 5.10 Å². The van der Waals surface area contributed by atoms with Gasteiger partial charge in [0.25, 0.3) is 5.91 Å². The van der Waals surface area contributed by atoms with Crippen molar-refractivity contribution in [2.45, 2.75) is 13.0 Å². The molecule has 2 heterocycles. The van der Waals surface area contributed by atoms with Crippen LogP contribution in [0.15, 0.2) is 114 Å². The summed E-state index contributed by atoms with van der Waals surface area (Å²) in [6.07, 6.45) is 2.28. The van der Waals surface area contributed by atoms with Crippen LogP contribution in [-0.2, 0) is 13.0 Å². The van der Waals surface area contributed by atoms with E-state index in [-0.39, 0.29) is 11.7 Å². The van der Waals surface area contributed by atoms with Crippen LogP contribution in [0.5, 0.6) is 0 Å². The number of hydrogen-bond acceptors (Lipinski definition) is 3. The molecule has 3 aromatic carbocycles. The van der Waals surface area contributed by atoms with Gasteiger partial charge in [0.05, 0.1) is 12.0 Å². The number of benzene rings is 3. The van der Waals surface area contributed by atoms with E-state index >= 15 is 0 Å². The van der Waals surface area contributed by atoms with E-state index in [1.54, 1.807) is 41.3 Å². The van der Waals surface area contributed by atoms with E-state index in [9.17, 15) is 9.18 Å². The molecule has 2 aromatic heterocycles. The van der Waals surface area contributed by atoms with Gasteiger partial charge in [-0.15, -0.1) is 0 Å². The minimum Gasteiger partial charge on any atom is -0.463 e. The van der Waals surface area contributed by atoms with Crippen molar-refractivity contribution < 1.29 is 13.6 Å². The Bertz CT molecular complexity index is 1380. The number of rotatable bonds is 8. The van der Waals surface area contributed by atoms with Crippen molar-refractivity contribution in [3.63, 3.8) is 0 Å². The Morgan fingerprint density at radius 2 is 1.54 bits per heavy atom. The second kappa shape index (κ2) is 10.2. The van der Waals surface area contributed by atoms with Gasteiger partial charge in [0, 0.05) is 19.2 Å². The maximum Gasteiger partial charge on any atom is 0.272 e. The lowest BCUT2D eigenvalue weighted by atomic mass is 10.1. The molecule has 0 aliphatic rings. The van der Waals surface area contributed by atoms with Crippen LogP contribution in [0.4, 0.5) is 4.39 Å². The highest BCUT2D eigenvalue weighted by molar-refractivity contribution is 5.94. The number of aromatic nitrogens is 2. The van der Waals surface area contributed by atoms with E-state index in [2.05, 4.69) is 17.2 Å². The number of carbonyl (C=O) groups excluding carboxylic acids is 1. The lowest BCUT2D eigenvalue weighted by Crippen LogP contribution is -2.34. The van der Waals surface area contributed by atoms with Crippen LogP contribution in [0.25, 0.3) is 17.1 Å². The van der Waals surface area contributed by atoms with Gasteiger partial charge in [0.15, 0.2) is 5.76 Å². The van der Waals surface area contributed by atoms with Crippen LogP contribution in [0.3, 0.4) is 0 Å². The van der Waals surface area contributed by atoms with E-state index < -0.39 is 0 Å². The van der Waals surface area contributed by atoms with Crippen LogP contribution in [0.2, 0.25) is 0 Å². The number of carbonyl (C=O) groups is 1. The minimum atomic E-state index is -0.353. The first-order chi connectivity index (χ1) is 17.2. The standard InChI is InChI=1S/C29H24FN3O2/c30-24-13-15-25(16-14-24)33-27(20-26(31-33)28-12-7-19-35-28)29(34)32(21-23-10-5-2-6-11-23)18-17-22-8-3-1-4-9-22/h1-16,19-20H,17-18,21H2. The molecule has 6 heteroatoms. The third kappa shape index (κ3) is 5.22. The Morgan fingerprint density at radius 1 is 0.857 bits per heavy atom. The van der Waals surface area contributed by atoms with Crippen molar-refractivity contribution in [3.8, 4) is 17.1 Å². The molecule has 1 amide bonds. The third-order valence-corrected chi connectivity index (χ3v) is 5.79. The average Bonchev–Trinajstić information content (AvgIpc) is 3.58. The van der Waals surface area contributed by atoms with Gasteiger partial charge >= 0.3 is 0 Å². The molecule has 0 saturated carbocycles. The third-order valence-electron chi connectivity index (χ3n) is 5.79. The van der Waals surface area contributed by atoms with Crippen molar-refractivity contribution in [1.82, 2.24) is 14.7 Å². The summed E-state index contributed by atoms with van der Waals surface area (Å²) in [5.41, 5.74) is 3.70. The summed E-state index contributed by atoms with van der Waals surface area (Å²) < 4.78 is 20.7. The monoisotopic (exact) mass is 465 g/mol. The predicted octanol–water partition coefficient (Wildman–Crippen LogP) is 6.16. The van der Waals surface area contributed by atoms with Gasteiger partial charge in [-0.05, 0) is 53.9 Å². The van der Waals surface area contributed by atoms with Crippen molar-refractivity contribution in [2.75, 3.05) is 6.54 Å². The lowest BCUT2D eigenvalue weighted by molar-refractivity contribution is 0.0736. The summed E-state index contributed by atoms with van der Waals surface area (Å²) >= 11 is 0. The zero-order chi connectivity index (χ0) is 24.0. The molecule has 0 spiro atoms.